The first-order valence-corrected chi connectivity index (χ1v) is 9.45. The third-order valence-electron chi connectivity index (χ3n) is 4.42. The zero-order valence-corrected chi connectivity index (χ0v) is 16.7. The molecule has 0 N–H and O–H groups in total. The van der Waals surface area contributed by atoms with Crippen LogP contribution < -0.4 is 4.74 Å². The van der Waals surface area contributed by atoms with E-state index >= 15 is 0 Å². The Hall–Kier alpha value is -3.38. The van der Waals surface area contributed by atoms with Gasteiger partial charge < -0.3 is 9.47 Å². The molecule has 2 aromatic carbocycles. The van der Waals surface area contributed by atoms with E-state index in [1.165, 1.54) is 0 Å². The maximum atomic E-state index is 12.2. The molecular formula is C22H18ClN3O3. The van der Waals surface area contributed by atoms with Crippen molar-refractivity contribution < 1.29 is 14.3 Å². The Morgan fingerprint density at radius 2 is 1.86 bits per heavy atom. The van der Waals surface area contributed by atoms with Crippen LogP contribution in [0.25, 0.3) is 28.2 Å². The van der Waals surface area contributed by atoms with Gasteiger partial charge in [-0.15, -0.1) is 0 Å². The molecule has 0 spiro atoms. The van der Waals surface area contributed by atoms with Crippen LogP contribution in [-0.2, 0) is 4.74 Å². The highest BCUT2D eigenvalue weighted by Gasteiger charge is 2.17. The van der Waals surface area contributed by atoms with Gasteiger partial charge in [0.15, 0.2) is 11.3 Å². The van der Waals surface area contributed by atoms with Crippen molar-refractivity contribution in [1.82, 2.24) is 14.6 Å². The highest BCUT2D eigenvalue weighted by molar-refractivity contribution is 6.30. The smallest absolute Gasteiger partial charge is 0.358 e. The average molecular weight is 408 g/mol. The minimum Gasteiger partial charge on any atom is -0.497 e. The van der Waals surface area contributed by atoms with Gasteiger partial charge in [-0.25, -0.2) is 14.3 Å². The highest BCUT2D eigenvalue weighted by atomic mass is 35.5. The number of hydrogen-bond donors (Lipinski definition) is 0. The molecule has 146 valence electrons. The summed E-state index contributed by atoms with van der Waals surface area (Å²) in [6.45, 7) is 2.03. The molecule has 0 aliphatic heterocycles. The van der Waals surface area contributed by atoms with Crippen LogP contribution in [0.3, 0.4) is 0 Å². The molecule has 0 radical (unpaired) electrons. The number of hydrogen-bond acceptors (Lipinski definition) is 5. The number of rotatable bonds is 5. The Kier molecular flexibility index (Phi) is 5.18. The van der Waals surface area contributed by atoms with Gasteiger partial charge in [0.1, 0.15) is 5.75 Å². The van der Waals surface area contributed by atoms with Crippen molar-refractivity contribution in [3.8, 4) is 28.3 Å². The lowest BCUT2D eigenvalue weighted by molar-refractivity contribution is 0.0519. The second-order valence-corrected chi connectivity index (χ2v) is 6.72. The Balaban J connectivity index is 1.94. The van der Waals surface area contributed by atoms with Gasteiger partial charge in [0, 0.05) is 22.2 Å². The summed E-state index contributed by atoms with van der Waals surface area (Å²) in [6.07, 6.45) is 0. The predicted octanol–water partition coefficient (Wildman–Crippen LogP) is 4.90. The third kappa shape index (κ3) is 3.79. The molecule has 0 atom stereocenters. The maximum absolute atomic E-state index is 12.2. The van der Waals surface area contributed by atoms with Gasteiger partial charge in [0.25, 0.3) is 0 Å². The summed E-state index contributed by atoms with van der Waals surface area (Å²) in [5, 5.41) is 5.08. The fraction of sp³-hybridized carbons (Fsp3) is 0.136. The summed E-state index contributed by atoms with van der Waals surface area (Å²) >= 11 is 6.02. The lowest BCUT2D eigenvalue weighted by Crippen LogP contribution is -2.06. The lowest BCUT2D eigenvalue weighted by Gasteiger charge is -2.10. The molecule has 7 heteroatoms. The fourth-order valence-corrected chi connectivity index (χ4v) is 3.16. The van der Waals surface area contributed by atoms with Crippen LogP contribution in [-0.4, -0.2) is 34.3 Å². The van der Waals surface area contributed by atoms with E-state index in [1.807, 2.05) is 54.6 Å². The summed E-state index contributed by atoms with van der Waals surface area (Å²) in [5.74, 6) is 0.237. The van der Waals surface area contributed by atoms with E-state index < -0.39 is 5.97 Å². The molecule has 4 aromatic rings. The first kappa shape index (κ1) is 19.0. The van der Waals surface area contributed by atoms with Crippen molar-refractivity contribution >= 4 is 23.2 Å². The van der Waals surface area contributed by atoms with E-state index in [9.17, 15) is 4.79 Å². The molecular weight excluding hydrogens is 390 g/mol. The molecule has 0 saturated carbocycles. The number of halogens is 1. The molecule has 0 fully saturated rings. The van der Waals surface area contributed by atoms with Crippen molar-refractivity contribution in [2.45, 2.75) is 6.92 Å². The normalized spacial score (nSPS) is 10.9. The van der Waals surface area contributed by atoms with Crippen LogP contribution >= 0.6 is 11.6 Å². The number of nitrogens with zero attached hydrogens (tertiary/aromatic N) is 3. The third-order valence-corrected chi connectivity index (χ3v) is 4.67. The van der Waals surface area contributed by atoms with Gasteiger partial charge in [-0.3, -0.25) is 0 Å². The van der Waals surface area contributed by atoms with Gasteiger partial charge in [-0.2, -0.15) is 5.10 Å². The molecule has 0 aliphatic carbocycles. The van der Waals surface area contributed by atoms with E-state index in [2.05, 4.69) is 10.1 Å². The predicted molar refractivity (Wildman–Crippen MR) is 111 cm³/mol. The van der Waals surface area contributed by atoms with E-state index in [1.54, 1.807) is 24.6 Å². The first-order chi connectivity index (χ1) is 14.1. The van der Waals surface area contributed by atoms with Gasteiger partial charge in [-0.1, -0.05) is 35.9 Å². The molecule has 0 unspecified atom stereocenters. The number of methoxy groups -OCH3 is 1. The van der Waals surface area contributed by atoms with Crippen LogP contribution in [0.2, 0.25) is 5.02 Å². The minimum atomic E-state index is -0.484. The van der Waals surface area contributed by atoms with Gasteiger partial charge >= 0.3 is 5.97 Å². The van der Waals surface area contributed by atoms with E-state index in [4.69, 9.17) is 21.1 Å². The average Bonchev–Trinajstić information content (AvgIpc) is 3.18. The molecule has 6 nitrogen and oxygen atoms in total. The number of esters is 1. The zero-order valence-electron chi connectivity index (χ0n) is 15.9. The van der Waals surface area contributed by atoms with Gasteiger partial charge in [0.2, 0.25) is 0 Å². The molecule has 2 heterocycles. The molecule has 29 heavy (non-hydrogen) atoms. The Morgan fingerprint density at radius 3 is 2.59 bits per heavy atom. The summed E-state index contributed by atoms with van der Waals surface area (Å²) in [5.41, 5.74) is 4.04. The summed E-state index contributed by atoms with van der Waals surface area (Å²) < 4.78 is 12.1. The molecule has 0 bridgehead atoms. The maximum Gasteiger partial charge on any atom is 0.358 e. The van der Waals surface area contributed by atoms with Crippen molar-refractivity contribution in [3.05, 3.63) is 71.4 Å². The first-order valence-electron chi connectivity index (χ1n) is 9.07. The fourth-order valence-electron chi connectivity index (χ4n) is 3.04. The van der Waals surface area contributed by atoms with E-state index in [0.29, 0.717) is 10.7 Å². The van der Waals surface area contributed by atoms with Gasteiger partial charge in [-0.05, 0) is 37.3 Å². The summed E-state index contributed by atoms with van der Waals surface area (Å²) in [6, 6.07) is 18.6. The van der Waals surface area contributed by atoms with Crippen LogP contribution in [0.1, 0.15) is 17.4 Å². The number of carbonyl (C=O) groups excluding carboxylic acids is 1. The van der Waals surface area contributed by atoms with Crippen LogP contribution in [0.5, 0.6) is 5.75 Å². The SMILES string of the molecule is CCOC(=O)c1cc2nc(-c3ccc(Cl)cc3)cc(-c3cccc(OC)c3)n2n1. The van der Waals surface area contributed by atoms with Crippen LogP contribution in [0, 0.1) is 0 Å². The largest absolute Gasteiger partial charge is 0.497 e. The molecule has 0 amide bonds. The number of carbonyl (C=O) groups is 1. The van der Waals surface area contributed by atoms with Crippen LogP contribution in [0.15, 0.2) is 60.7 Å². The standard InChI is InChI=1S/C22H18ClN3O3/c1-3-29-22(27)19-13-21-24-18(14-7-9-16(23)10-8-14)12-20(26(21)25-19)15-5-4-6-17(11-15)28-2/h4-13H,3H2,1-2H3. The summed E-state index contributed by atoms with van der Waals surface area (Å²) in [7, 11) is 1.62. The van der Waals surface area contributed by atoms with Crippen molar-refractivity contribution in [3.63, 3.8) is 0 Å². The van der Waals surface area contributed by atoms with E-state index in [0.717, 1.165) is 28.3 Å². The molecule has 2 aromatic heterocycles. The number of fused-ring (bicyclic) bond motifs is 1. The Labute approximate surface area is 172 Å². The summed E-state index contributed by atoms with van der Waals surface area (Å²) in [4.78, 5) is 16.9. The topological polar surface area (TPSA) is 65.7 Å². The monoisotopic (exact) mass is 407 g/mol. The highest BCUT2D eigenvalue weighted by Crippen LogP contribution is 2.29. The van der Waals surface area contributed by atoms with E-state index in [-0.39, 0.29) is 12.3 Å². The number of aromatic nitrogens is 3. The minimum absolute atomic E-state index is 0.205. The molecule has 0 aliphatic rings. The number of ether oxygens (including phenoxy) is 2. The second-order valence-electron chi connectivity index (χ2n) is 6.29. The Morgan fingerprint density at radius 1 is 1.07 bits per heavy atom. The second kappa shape index (κ2) is 7.93. The van der Waals surface area contributed by atoms with Crippen LogP contribution in [0.4, 0.5) is 0 Å². The quantitative estimate of drug-likeness (QED) is 0.440. The van der Waals surface area contributed by atoms with Crippen molar-refractivity contribution in [1.29, 1.82) is 0 Å². The number of benzene rings is 2. The lowest BCUT2D eigenvalue weighted by atomic mass is 10.1. The molecule has 4 rings (SSSR count). The van der Waals surface area contributed by atoms with Gasteiger partial charge in [0.05, 0.1) is 25.1 Å². The molecule has 0 saturated heterocycles. The van der Waals surface area contributed by atoms with Crippen molar-refractivity contribution in [2.75, 3.05) is 13.7 Å². The Bertz CT molecular complexity index is 1190. The zero-order chi connectivity index (χ0) is 20.4. The van der Waals surface area contributed by atoms with Crippen molar-refractivity contribution in [2.24, 2.45) is 0 Å².